The van der Waals surface area contributed by atoms with Crippen LogP contribution in [-0.2, 0) is 11.2 Å². The number of rotatable bonds is 3. The van der Waals surface area contributed by atoms with Crippen LogP contribution in [0.1, 0.15) is 31.7 Å². The molecule has 0 aliphatic carbocycles. The first kappa shape index (κ1) is 12.6. The van der Waals surface area contributed by atoms with E-state index in [-0.39, 0.29) is 11.3 Å². The van der Waals surface area contributed by atoms with E-state index in [4.69, 9.17) is 11.6 Å². The maximum atomic E-state index is 12.3. The van der Waals surface area contributed by atoms with E-state index in [0.29, 0.717) is 11.4 Å². The predicted molar refractivity (Wildman–Crippen MR) is 70.4 cm³/mol. The Morgan fingerprint density at radius 1 is 1.47 bits per heavy atom. The minimum atomic E-state index is -0.347. The van der Waals surface area contributed by atoms with Crippen LogP contribution in [0.5, 0.6) is 0 Å². The third-order valence-electron chi connectivity index (χ3n) is 3.49. The van der Waals surface area contributed by atoms with Gasteiger partial charge in [-0.1, -0.05) is 23.7 Å². The van der Waals surface area contributed by atoms with E-state index in [9.17, 15) is 4.79 Å². The molecule has 0 amide bonds. The zero-order valence-corrected chi connectivity index (χ0v) is 10.9. The van der Waals surface area contributed by atoms with Gasteiger partial charge in [0.2, 0.25) is 0 Å². The summed E-state index contributed by atoms with van der Waals surface area (Å²) in [6.07, 6.45) is 3.70. The summed E-state index contributed by atoms with van der Waals surface area (Å²) >= 11 is 5.92. The lowest BCUT2D eigenvalue weighted by molar-refractivity contribution is -0.125. The number of Topliss-reactive ketones (excluding diaryl/α,β-unsaturated/α-hetero) is 1. The molecule has 2 rings (SSSR count). The maximum absolute atomic E-state index is 12.3. The number of halogens is 1. The fraction of sp³-hybridized carbons (Fsp3) is 0.500. The zero-order valence-electron chi connectivity index (χ0n) is 10.1. The van der Waals surface area contributed by atoms with Gasteiger partial charge in [-0.05, 0) is 50.4 Å². The van der Waals surface area contributed by atoms with Crippen molar-refractivity contribution in [2.45, 2.75) is 38.1 Å². The number of benzene rings is 1. The summed E-state index contributed by atoms with van der Waals surface area (Å²) in [7, 11) is 0. The Balaban J connectivity index is 2.05. The summed E-state index contributed by atoms with van der Waals surface area (Å²) in [5.41, 5.74) is 0.650. The molecular weight excluding hydrogens is 234 g/mol. The summed E-state index contributed by atoms with van der Waals surface area (Å²) in [6.45, 7) is 2.96. The normalized spacial score (nSPS) is 24.6. The molecule has 1 fully saturated rings. The summed E-state index contributed by atoms with van der Waals surface area (Å²) < 4.78 is 0. The average Bonchev–Trinajstić information content (AvgIpc) is 2.30. The van der Waals surface area contributed by atoms with Crippen molar-refractivity contribution in [1.82, 2.24) is 5.32 Å². The largest absolute Gasteiger partial charge is 0.305 e. The van der Waals surface area contributed by atoms with Gasteiger partial charge in [0.05, 0.1) is 5.54 Å². The lowest BCUT2D eigenvalue weighted by atomic mass is 9.84. The molecule has 1 aromatic carbocycles. The van der Waals surface area contributed by atoms with Crippen LogP contribution >= 0.6 is 11.6 Å². The third-order valence-corrected chi connectivity index (χ3v) is 3.72. The number of piperidine rings is 1. The van der Waals surface area contributed by atoms with Crippen LogP contribution in [0.25, 0.3) is 0 Å². The van der Waals surface area contributed by atoms with Gasteiger partial charge in [0.15, 0.2) is 5.78 Å². The molecule has 1 N–H and O–H groups in total. The molecule has 0 spiro atoms. The fourth-order valence-electron chi connectivity index (χ4n) is 2.32. The van der Waals surface area contributed by atoms with Gasteiger partial charge in [-0.25, -0.2) is 0 Å². The highest BCUT2D eigenvalue weighted by Gasteiger charge is 2.33. The Kier molecular flexibility index (Phi) is 3.85. The Hall–Kier alpha value is -0.860. The molecule has 1 unspecified atom stereocenters. The second-order valence-corrected chi connectivity index (χ2v) is 5.38. The van der Waals surface area contributed by atoms with Crippen LogP contribution in [0.2, 0.25) is 5.02 Å². The molecule has 1 atom stereocenters. The van der Waals surface area contributed by atoms with Crippen molar-refractivity contribution >= 4 is 17.4 Å². The Morgan fingerprint density at radius 2 is 2.29 bits per heavy atom. The van der Waals surface area contributed by atoms with E-state index in [1.54, 1.807) is 0 Å². The van der Waals surface area contributed by atoms with Crippen molar-refractivity contribution in [3.8, 4) is 0 Å². The number of ketones is 1. The first-order valence-corrected chi connectivity index (χ1v) is 6.51. The lowest BCUT2D eigenvalue weighted by Gasteiger charge is -2.33. The zero-order chi connectivity index (χ0) is 12.3. The number of carbonyl (C=O) groups excluding carboxylic acids is 1. The highest BCUT2D eigenvalue weighted by Crippen LogP contribution is 2.22. The highest BCUT2D eigenvalue weighted by molar-refractivity contribution is 6.30. The van der Waals surface area contributed by atoms with E-state index in [1.165, 1.54) is 6.42 Å². The van der Waals surface area contributed by atoms with Crippen molar-refractivity contribution in [3.05, 3.63) is 34.9 Å². The standard InChI is InChI=1S/C14H18ClNO/c1-14(7-2-3-8-16-14)13(17)10-11-5-4-6-12(15)9-11/h4-6,9,16H,2-3,7-8,10H2,1H3. The molecule has 1 heterocycles. The fourth-order valence-corrected chi connectivity index (χ4v) is 2.53. The van der Waals surface area contributed by atoms with Gasteiger partial charge in [-0.3, -0.25) is 4.79 Å². The van der Waals surface area contributed by atoms with Crippen LogP contribution in [-0.4, -0.2) is 17.9 Å². The maximum Gasteiger partial charge on any atom is 0.156 e. The molecule has 1 aliphatic rings. The van der Waals surface area contributed by atoms with E-state index in [2.05, 4.69) is 5.32 Å². The SMILES string of the molecule is CC1(C(=O)Cc2cccc(Cl)c2)CCCCN1. The highest BCUT2D eigenvalue weighted by atomic mass is 35.5. The van der Waals surface area contributed by atoms with Gasteiger partial charge in [-0.2, -0.15) is 0 Å². The average molecular weight is 252 g/mol. The number of carbonyl (C=O) groups is 1. The summed E-state index contributed by atoms with van der Waals surface area (Å²) in [4.78, 5) is 12.3. The van der Waals surface area contributed by atoms with Crippen molar-refractivity contribution in [3.63, 3.8) is 0 Å². The second-order valence-electron chi connectivity index (χ2n) is 4.95. The van der Waals surface area contributed by atoms with Gasteiger partial charge >= 0.3 is 0 Å². The first-order valence-electron chi connectivity index (χ1n) is 6.13. The number of hydrogen-bond donors (Lipinski definition) is 1. The van der Waals surface area contributed by atoms with Crippen molar-refractivity contribution in [2.75, 3.05) is 6.54 Å². The predicted octanol–water partition coefficient (Wildman–Crippen LogP) is 2.98. The van der Waals surface area contributed by atoms with E-state index >= 15 is 0 Å². The van der Waals surface area contributed by atoms with Crippen molar-refractivity contribution in [2.24, 2.45) is 0 Å². The minimum absolute atomic E-state index is 0.263. The van der Waals surface area contributed by atoms with Crippen molar-refractivity contribution in [1.29, 1.82) is 0 Å². The van der Waals surface area contributed by atoms with Crippen molar-refractivity contribution < 1.29 is 4.79 Å². The lowest BCUT2D eigenvalue weighted by Crippen LogP contribution is -2.52. The number of nitrogens with one attached hydrogen (secondary N) is 1. The Morgan fingerprint density at radius 3 is 2.94 bits per heavy atom. The molecule has 2 nitrogen and oxygen atoms in total. The van der Waals surface area contributed by atoms with E-state index < -0.39 is 0 Å². The molecule has 0 saturated carbocycles. The molecule has 1 saturated heterocycles. The number of hydrogen-bond acceptors (Lipinski definition) is 2. The molecule has 1 aliphatic heterocycles. The molecule has 17 heavy (non-hydrogen) atoms. The molecule has 1 aromatic rings. The van der Waals surface area contributed by atoms with Crippen LogP contribution < -0.4 is 5.32 Å². The second kappa shape index (κ2) is 5.19. The van der Waals surface area contributed by atoms with Gasteiger partial charge in [0.25, 0.3) is 0 Å². The molecule has 0 bridgehead atoms. The van der Waals surface area contributed by atoms with E-state index in [0.717, 1.165) is 24.9 Å². The monoisotopic (exact) mass is 251 g/mol. The molecule has 92 valence electrons. The quantitative estimate of drug-likeness (QED) is 0.895. The molecule has 3 heteroatoms. The van der Waals surface area contributed by atoms with Gasteiger partial charge < -0.3 is 5.32 Å². The van der Waals surface area contributed by atoms with E-state index in [1.807, 2.05) is 31.2 Å². The topological polar surface area (TPSA) is 29.1 Å². The van der Waals surface area contributed by atoms with Gasteiger partial charge in [-0.15, -0.1) is 0 Å². The summed E-state index contributed by atoms with van der Waals surface area (Å²) in [6, 6.07) is 7.54. The molecule has 0 radical (unpaired) electrons. The smallest absolute Gasteiger partial charge is 0.156 e. The van der Waals surface area contributed by atoms with Gasteiger partial charge in [0, 0.05) is 11.4 Å². The van der Waals surface area contributed by atoms with Crippen LogP contribution in [0.15, 0.2) is 24.3 Å². The third kappa shape index (κ3) is 3.08. The minimum Gasteiger partial charge on any atom is -0.305 e. The van der Waals surface area contributed by atoms with Crippen LogP contribution in [0, 0.1) is 0 Å². The van der Waals surface area contributed by atoms with Crippen LogP contribution in [0.4, 0.5) is 0 Å². The first-order chi connectivity index (χ1) is 8.10. The summed E-state index contributed by atoms with van der Waals surface area (Å²) in [5.74, 6) is 0.263. The van der Waals surface area contributed by atoms with Gasteiger partial charge in [0.1, 0.15) is 0 Å². The molecular formula is C14H18ClNO. The Labute approximate surface area is 107 Å². The Bertz CT molecular complexity index is 410. The summed E-state index contributed by atoms with van der Waals surface area (Å²) in [5, 5.41) is 4.04. The molecule has 0 aromatic heterocycles. The van der Waals surface area contributed by atoms with Crippen LogP contribution in [0.3, 0.4) is 0 Å².